The molecule has 20 heavy (non-hydrogen) atoms. The van der Waals surface area contributed by atoms with Gasteiger partial charge in [-0.05, 0) is 18.6 Å². The van der Waals surface area contributed by atoms with E-state index < -0.39 is 0 Å². The number of aromatic nitrogens is 1. The smallest absolute Gasteiger partial charge is 0.327 e. The number of nitrogens with one attached hydrogen (secondary N) is 1. The minimum atomic E-state index is -0.320. The molecular weight excluding hydrogens is 280 g/mol. The number of hydrogen-bond acceptors (Lipinski definition) is 4. The van der Waals surface area contributed by atoms with E-state index in [0.29, 0.717) is 16.5 Å². The number of likely N-dealkylation sites (N-methyl/N-ethyl adjacent to an activating group) is 1. The zero-order chi connectivity index (χ0) is 14.7. The van der Waals surface area contributed by atoms with Gasteiger partial charge in [-0.15, -0.1) is 0 Å². The first kappa shape index (κ1) is 14.6. The molecule has 1 saturated heterocycles. The molecule has 0 spiro atoms. The molecule has 2 rings (SSSR count). The van der Waals surface area contributed by atoms with Crippen molar-refractivity contribution in [3.05, 3.63) is 22.8 Å². The lowest BCUT2D eigenvalue weighted by Crippen LogP contribution is -2.31. The first-order valence-corrected chi connectivity index (χ1v) is 6.85. The van der Waals surface area contributed by atoms with Crippen LogP contribution in [0.1, 0.15) is 19.0 Å². The normalized spacial score (nSPS) is 15.2. The Morgan fingerprint density at radius 3 is 2.75 bits per heavy atom. The summed E-state index contributed by atoms with van der Waals surface area (Å²) in [5.74, 6) is 0.459. The Labute approximate surface area is 122 Å². The number of nitrogens with zero attached hydrogens (tertiary/aromatic N) is 3. The zero-order valence-corrected chi connectivity index (χ0v) is 12.3. The molecule has 3 amide bonds. The maximum Gasteiger partial charge on any atom is 0.327 e. The van der Waals surface area contributed by atoms with Gasteiger partial charge in [-0.2, -0.15) is 0 Å². The van der Waals surface area contributed by atoms with E-state index in [1.54, 1.807) is 19.2 Å². The number of urea groups is 1. The fourth-order valence-corrected chi connectivity index (χ4v) is 2.09. The molecule has 6 nitrogen and oxygen atoms in total. The molecule has 0 aromatic carbocycles. The second-order valence-corrected chi connectivity index (χ2v) is 5.08. The minimum absolute atomic E-state index is 0.0997. The van der Waals surface area contributed by atoms with Crippen LogP contribution in [0.2, 0.25) is 5.02 Å². The summed E-state index contributed by atoms with van der Waals surface area (Å²) in [5.41, 5.74) is 0.518. The summed E-state index contributed by atoms with van der Waals surface area (Å²) >= 11 is 6.09. The second-order valence-electron chi connectivity index (χ2n) is 4.67. The third kappa shape index (κ3) is 3.01. The van der Waals surface area contributed by atoms with Gasteiger partial charge in [-0.3, -0.25) is 9.69 Å². The maximum absolute atomic E-state index is 11.8. The van der Waals surface area contributed by atoms with Crippen LogP contribution in [0.3, 0.4) is 0 Å². The summed E-state index contributed by atoms with van der Waals surface area (Å²) in [5, 5.41) is 3.60. The minimum Gasteiger partial charge on any atom is -0.370 e. The maximum atomic E-state index is 11.8. The van der Waals surface area contributed by atoms with E-state index in [9.17, 15) is 9.59 Å². The Morgan fingerprint density at radius 1 is 1.40 bits per heavy atom. The highest BCUT2D eigenvalue weighted by atomic mass is 35.5. The molecule has 0 aliphatic carbocycles. The van der Waals surface area contributed by atoms with Crippen LogP contribution in [0.15, 0.2) is 12.1 Å². The van der Waals surface area contributed by atoms with E-state index in [4.69, 9.17) is 11.6 Å². The topological polar surface area (TPSA) is 65.5 Å². The molecule has 0 radical (unpaired) electrons. The van der Waals surface area contributed by atoms with E-state index in [-0.39, 0.29) is 25.0 Å². The summed E-state index contributed by atoms with van der Waals surface area (Å²) < 4.78 is 0. The van der Waals surface area contributed by atoms with Gasteiger partial charge in [0.15, 0.2) is 0 Å². The van der Waals surface area contributed by atoms with Crippen LogP contribution in [0.5, 0.6) is 0 Å². The first-order chi connectivity index (χ1) is 9.52. The van der Waals surface area contributed by atoms with Crippen molar-refractivity contribution < 1.29 is 9.59 Å². The van der Waals surface area contributed by atoms with Crippen molar-refractivity contribution in [2.75, 3.05) is 25.5 Å². The number of carbonyl (C=O) groups excluding carboxylic acids is 2. The summed E-state index contributed by atoms with van der Waals surface area (Å²) in [7, 11) is 1.59. The number of anilines is 1. The molecule has 0 saturated carbocycles. The lowest BCUT2D eigenvalue weighted by atomic mass is 10.3. The number of halogens is 1. The van der Waals surface area contributed by atoms with Gasteiger partial charge in [-0.25, -0.2) is 9.78 Å². The fourth-order valence-electron chi connectivity index (χ4n) is 1.92. The molecule has 1 aromatic rings. The van der Waals surface area contributed by atoms with E-state index in [1.165, 1.54) is 4.90 Å². The highest BCUT2D eigenvalue weighted by Gasteiger charge is 2.34. The summed E-state index contributed by atoms with van der Waals surface area (Å²) in [4.78, 5) is 30.5. The van der Waals surface area contributed by atoms with Crippen molar-refractivity contribution in [1.82, 2.24) is 14.8 Å². The molecule has 7 heteroatoms. The van der Waals surface area contributed by atoms with Crippen molar-refractivity contribution in [3.8, 4) is 0 Å². The average Bonchev–Trinajstić information content (AvgIpc) is 2.66. The SMILES string of the molecule is CCCNc1ccc(Cl)c(CN2C(=O)CN(C)C2=O)n1. The van der Waals surface area contributed by atoms with Gasteiger partial charge in [0.05, 0.1) is 17.3 Å². The Balaban J connectivity index is 2.16. The molecule has 1 aromatic heterocycles. The second kappa shape index (κ2) is 6.09. The monoisotopic (exact) mass is 296 g/mol. The van der Waals surface area contributed by atoms with Crippen molar-refractivity contribution in [1.29, 1.82) is 0 Å². The molecule has 2 heterocycles. The number of imide groups is 1. The van der Waals surface area contributed by atoms with Gasteiger partial charge in [0, 0.05) is 13.6 Å². The van der Waals surface area contributed by atoms with Crippen LogP contribution >= 0.6 is 11.6 Å². The largest absolute Gasteiger partial charge is 0.370 e. The molecule has 0 bridgehead atoms. The molecule has 1 fully saturated rings. The molecule has 0 unspecified atom stereocenters. The number of pyridine rings is 1. The molecular formula is C13H17ClN4O2. The van der Waals surface area contributed by atoms with Gasteiger partial charge in [-0.1, -0.05) is 18.5 Å². The number of rotatable bonds is 5. The average molecular weight is 297 g/mol. The molecule has 0 atom stereocenters. The highest BCUT2D eigenvalue weighted by molar-refractivity contribution is 6.31. The quantitative estimate of drug-likeness (QED) is 0.844. The number of amides is 3. The summed E-state index contributed by atoms with van der Waals surface area (Å²) in [6.07, 6.45) is 0.980. The molecule has 1 aliphatic heterocycles. The summed E-state index contributed by atoms with van der Waals surface area (Å²) in [6, 6.07) is 3.18. The third-order valence-electron chi connectivity index (χ3n) is 3.01. The number of hydrogen-bond donors (Lipinski definition) is 1. The van der Waals surface area contributed by atoms with Crippen molar-refractivity contribution in [2.45, 2.75) is 19.9 Å². The lowest BCUT2D eigenvalue weighted by Gasteiger charge is -2.15. The Morgan fingerprint density at radius 2 is 2.15 bits per heavy atom. The fraction of sp³-hybridized carbons (Fsp3) is 0.462. The van der Waals surface area contributed by atoms with Crippen molar-refractivity contribution >= 4 is 29.4 Å². The highest BCUT2D eigenvalue weighted by Crippen LogP contribution is 2.20. The van der Waals surface area contributed by atoms with Crippen LogP contribution in [0.4, 0.5) is 10.6 Å². The number of carbonyl (C=O) groups is 2. The summed E-state index contributed by atoms with van der Waals surface area (Å²) in [6.45, 7) is 3.06. The van der Waals surface area contributed by atoms with Crippen LogP contribution in [0, 0.1) is 0 Å². The van der Waals surface area contributed by atoms with Crippen LogP contribution < -0.4 is 5.32 Å². The van der Waals surface area contributed by atoms with E-state index in [0.717, 1.165) is 17.9 Å². The predicted octanol–water partition coefficient (Wildman–Crippen LogP) is 1.95. The van der Waals surface area contributed by atoms with E-state index >= 15 is 0 Å². The first-order valence-electron chi connectivity index (χ1n) is 6.47. The standard InChI is InChI=1S/C13H17ClN4O2/c1-3-6-15-11-5-4-9(14)10(16-11)7-18-12(19)8-17(2)13(18)20/h4-5H,3,6-8H2,1-2H3,(H,15,16). The van der Waals surface area contributed by atoms with Crippen molar-refractivity contribution in [3.63, 3.8) is 0 Å². The van der Waals surface area contributed by atoms with Crippen LogP contribution in [-0.4, -0.2) is 46.9 Å². The molecule has 108 valence electrons. The molecule has 1 N–H and O–H groups in total. The van der Waals surface area contributed by atoms with E-state index in [1.807, 2.05) is 0 Å². The van der Waals surface area contributed by atoms with Gasteiger partial charge >= 0.3 is 6.03 Å². The van der Waals surface area contributed by atoms with Crippen molar-refractivity contribution in [2.24, 2.45) is 0 Å². The zero-order valence-electron chi connectivity index (χ0n) is 11.5. The van der Waals surface area contributed by atoms with Gasteiger partial charge < -0.3 is 10.2 Å². The van der Waals surface area contributed by atoms with Gasteiger partial charge in [0.1, 0.15) is 12.4 Å². The third-order valence-corrected chi connectivity index (χ3v) is 3.36. The Bertz CT molecular complexity index is 535. The predicted molar refractivity (Wildman–Crippen MR) is 76.6 cm³/mol. The van der Waals surface area contributed by atoms with Crippen LogP contribution in [-0.2, 0) is 11.3 Å². The van der Waals surface area contributed by atoms with Gasteiger partial charge in [0.25, 0.3) is 5.91 Å². The lowest BCUT2D eigenvalue weighted by molar-refractivity contribution is -0.125. The Kier molecular flexibility index (Phi) is 4.44. The Hall–Kier alpha value is -1.82. The molecule has 1 aliphatic rings. The van der Waals surface area contributed by atoms with E-state index in [2.05, 4.69) is 17.2 Å². The van der Waals surface area contributed by atoms with Crippen LogP contribution in [0.25, 0.3) is 0 Å². The van der Waals surface area contributed by atoms with Gasteiger partial charge in [0.2, 0.25) is 0 Å².